The van der Waals surface area contributed by atoms with E-state index in [1.165, 1.54) is 5.57 Å². The lowest BCUT2D eigenvalue weighted by Crippen LogP contribution is -2.34. The van der Waals surface area contributed by atoms with Crippen molar-refractivity contribution in [2.24, 2.45) is 0 Å². The van der Waals surface area contributed by atoms with Gasteiger partial charge < -0.3 is 15.5 Å². The first kappa shape index (κ1) is 17.9. The van der Waals surface area contributed by atoms with Gasteiger partial charge in [0, 0.05) is 32.3 Å². The molecule has 0 aliphatic carbocycles. The lowest BCUT2D eigenvalue weighted by atomic mass is 10.2. The second kappa shape index (κ2) is 10.8. The van der Waals surface area contributed by atoms with Crippen LogP contribution in [0.5, 0.6) is 0 Å². The van der Waals surface area contributed by atoms with Gasteiger partial charge in [0.15, 0.2) is 0 Å². The molecule has 0 aromatic heterocycles. The minimum absolute atomic E-state index is 0.106. The first-order valence-electron chi connectivity index (χ1n) is 7.00. The predicted octanol–water partition coefficient (Wildman–Crippen LogP) is 1.90. The van der Waals surface area contributed by atoms with E-state index < -0.39 is 0 Å². The Morgan fingerprint density at radius 2 is 1.84 bits per heavy atom. The number of amides is 1. The summed E-state index contributed by atoms with van der Waals surface area (Å²) in [6.07, 6.45) is 6.13. The van der Waals surface area contributed by atoms with E-state index in [1.807, 2.05) is 19.0 Å². The van der Waals surface area contributed by atoms with Crippen molar-refractivity contribution in [3.63, 3.8) is 0 Å². The van der Waals surface area contributed by atoms with Crippen molar-refractivity contribution in [1.29, 1.82) is 0 Å². The topological polar surface area (TPSA) is 44.4 Å². The molecule has 0 radical (unpaired) electrons. The third-order valence-electron chi connectivity index (χ3n) is 2.83. The van der Waals surface area contributed by atoms with E-state index in [2.05, 4.69) is 36.6 Å². The maximum absolute atomic E-state index is 11.8. The lowest BCUT2D eigenvalue weighted by molar-refractivity contribution is -0.127. The van der Waals surface area contributed by atoms with Crippen LogP contribution in [-0.4, -0.2) is 44.5 Å². The average molecular weight is 267 g/mol. The summed E-state index contributed by atoms with van der Waals surface area (Å²) in [4.78, 5) is 13.6. The Morgan fingerprint density at radius 3 is 2.32 bits per heavy atom. The van der Waals surface area contributed by atoms with Crippen LogP contribution in [-0.2, 0) is 4.79 Å². The molecule has 0 bridgehead atoms. The summed E-state index contributed by atoms with van der Waals surface area (Å²) >= 11 is 0. The van der Waals surface area contributed by atoms with E-state index in [9.17, 15) is 4.79 Å². The molecule has 4 heteroatoms. The third-order valence-corrected chi connectivity index (χ3v) is 2.83. The van der Waals surface area contributed by atoms with Gasteiger partial charge in [-0.3, -0.25) is 4.79 Å². The lowest BCUT2D eigenvalue weighted by Gasteiger charge is -2.24. The molecule has 0 aliphatic rings. The average Bonchev–Trinajstić information content (AvgIpc) is 2.36. The molecule has 0 aromatic carbocycles. The van der Waals surface area contributed by atoms with Gasteiger partial charge in [0.25, 0.3) is 0 Å². The Bertz CT molecular complexity index is 321. The van der Waals surface area contributed by atoms with Gasteiger partial charge in [-0.05, 0) is 33.5 Å². The van der Waals surface area contributed by atoms with E-state index >= 15 is 0 Å². The molecule has 0 saturated heterocycles. The molecule has 0 spiro atoms. The van der Waals surface area contributed by atoms with E-state index in [4.69, 9.17) is 0 Å². The van der Waals surface area contributed by atoms with Crippen LogP contribution in [0.3, 0.4) is 0 Å². The molecule has 1 amide bonds. The Kier molecular flexibility index (Phi) is 10.1. The van der Waals surface area contributed by atoms with Crippen LogP contribution in [0.1, 0.15) is 33.6 Å². The maximum atomic E-state index is 11.8. The smallest absolute Gasteiger partial charge is 0.223 e. The Balaban J connectivity index is 4.95. The molecule has 4 nitrogen and oxygen atoms in total. The number of carbonyl (C=O) groups excluding carboxylic acids is 1. The highest BCUT2D eigenvalue weighted by Crippen LogP contribution is 2.12. The van der Waals surface area contributed by atoms with Crippen molar-refractivity contribution in [1.82, 2.24) is 15.5 Å². The molecule has 0 aromatic rings. The Labute approximate surface area is 117 Å². The van der Waals surface area contributed by atoms with Crippen LogP contribution in [0.2, 0.25) is 0 Å². The molecule has 0 atom stereocenters. The van der Waals surface area contributed by atoms with Crippen molar-refractivity contribution in [2.45, 2.75) is 33.6 Å². The fraction of sp³-hybridized carbons (Fsp3) is 0.667. The van der Waals surface area contributed by atoms with Gasteiger partial charge in [-0.15, -0.1) is 0 Å². The molecule has 2 N–H and O–H groups in total. The van der Waals surface area contributed by atoms with Crippen LogP contribution in [0.4, 0.5) is 0 Å². The number of allylic oxidation sites excluding steroid dienone is 3. The SMILES string of the molecule is CCC/C(=C\C=C(\C)CNC)N(CCNC)C(C)=O. The van der Waals surface area contributed by atoms with Gasteiger partial charge in [-0.1, -0.05) is 25.0 Å². The number of nitrogens with one attached hydrogen (secondary N) is 2. The van der Waals surface area contributed by atoms with Gasteiger partial charge in [0.05, 0.1) is 0 Å². The first-order valence-corrected chi connectivity index (χ1v) is 7.00. The molecular formula is C15H29N3O. The van der Waals surface area contributed by atoms with Gasteiger partial charge in [0.2, 0.25) is 5.91 Å². The summed E-state index contributed by atoms with van der Waals surface area (Å²) in [5.41, 5.74) is 2.36. The number of nitrogens with zero attached hydrogens (tertiary/aromatic N) is 1. The van der Waals surface area contributed by atoms with Crippen molar-refractivity contribution >= 4 is 5.91 Å². The molecule has 110 valence electrons. The summed E-state index contributed by atoms with van der Waals surface area (Å²) in [6, 6.07) is 0. The van der Waals surface area contributed by atoms with Crippen LogP contribution in [0.15, 0.2) is 23.4 Å². The van der Waals surface area contributed by atoms with Crippen molar-refractivity contribution in [2.75, 3.05) is 33.7 Å². The number of hydrogen-bond acceptors (Lipinski definition) is 3. The summed E-state index contributed by atoms with van der Waals surface area (Å²) in [6.45, 7) is 8.24. The summed E-state index contributed by atoms with van der Waals surface area (Å²) < 4.78 is 0. The largest absolute Gasteiger partial charge is 0.318 e. The molecule has 0 fully saturated rings. The van der Waals surface area contributed by atoms with Crippen molar-refractivity contribution in [3.05, 3.63) is 23.4 Å². The molecule has 0 unspecified atom stereocenters. The van der Waals surface area contributed by atoms with Gasteiger partial charge in [0.1, 0.15) is 0 Å². The zero-order chi connectivity index (χ0) is 14.7. The minimum Gasteiger partial charge on any atom is -0.318 e. The fourth-order valence-corrected chi connectivity index (χ4v) is 1.87. The summed E-state index contributed by atoms with van der Waals surface area (Å²) in [7, 11) is 3.83. The molecule has 0 rings (SSSR count). The predicted molar refractivity (Wildman–Crippen MR) is 82.0 cm³/mol. The highest BCUT2D eigenvalue weighted by Gasteiger charge is 2.12. The molecule has 0 aliphatic heterocycles. The quantitative estimate of drug-likeness (QED) is 0.627. The standard InChI is InChI=1S/C15H29N3O/c1-6-7-15(9-8-13(2)12-17-5)18(14(3)19)11-10-16-4/h8-9,16-17H,6-7,10-12H2,1-5H3/b13-8-,15-9+. The highest BCUT2D eigenvalue weighted by molar-refractivity contribution is 5.75. The van der Waals surface area contributed by atoms with Crippen LogP contribution >= 0.6 is 0 Å². The van der Waals surface area contributed by atoms with E-state index in [0.29, 0.717) is 0 Å². The summed E-state index contributed by atoms with van der Waals surface area (Å²) in [5, 5.41) is 6.21. The fourth-order valence-electron chi connectivity index (χ4n) is 1.87. The van der Waals surface area contributed by atoms with Gasteiger partial charge in [-0.2, -0.15) is 0 Å². The van der Waals surface area contributed by atoms with E-state index in [0.717, 1.165) is 38.2 Å². The van der Waals surface area contributed by atoms with Gasteiger partial charge >= 0.3 is 0 Å². The zero-order valence-corrected chi connectivity index (χ0v) is 13.0. The summed E-state index contributed by atoms with van der Waals surface area (Å²) in [5.74, 6) is 0.106. The van der Waals surface area contributed by atoms with Gasteiger partial charge in [-0.25, -0.2) is 0 Å². The monoisotopic (exact) mass is 267 g/mol. The zero-order valence-electron chi connectivity index (χ0n) is 13.0. The van der Waals surface area contributed by atoms with Crippen LogP contribution in [0.25, 0.3) is 0 Å². The van der Waals surface area contributed by atoms with E-state index in [1.54, 1.807) is 6.92 Å². The number of likely N-dealkylation sites (N-methyl/N-ethyl adjacent to an activating group) is 2. The van der Waals surface area contributed by atoms with Crippen molar-refractivity contribution in [3.8, 4) is 0 Å². The van der Waals surface area contributed by atoms with Crippen molar-refractivity contribution < 1.29 is 4.79 Å². The molecular weight excluding hydrogens is 238 g/mol. The normalized spacial score (nSPS) is 12.7. The molecule has 19 heavy (non-hydrogen) atoms. The third kappa shape index (κ3) is 7.80. The highest BCUT2D eigenvalue weighted by atomic mass is 16.2. The second-order valence-electron chi connectivity index (χ2n) is 4.73. The first-order chi connectivity index (χ1) is 9.06. The Hall–Kier alpha value is -1.13. The molecule has 0 saturated carbocycles. The van der Waals surface area contributed by atoms with Crippen LogP contribution < -0.4 is 10.6 Å². The molecule has 0 heterocycles. The Morgan fingerprint density at radius 1 is 1.16 bits per heavy atom. The van der Waals surface area contributed by atoms with E-state index in [-0.39, 0.29) is 5.91 Å². The maximum Gasteiger partial charge on any atom is 0.223 e. The number of hydrogen-bond donors (Lipinski definition) is 2. The minimum atomic E-state index is 0.106. The number of carbonyl (C=O) groups is 1. The second-order valence-corrected chi connectivity index (χ2v) is 4.73. The number of rotatable bonds is 9. The van der Waals surface area contributed by atoms with Crippen LogP contribution in [0, 0.1) is 0 Å².